The van der Waals surface area contributed by atoms with E-state index in [4.69, 9.17) is 14.2 Å². The van der Waals surface area contributed by atoms with Crippen molar-refractivity contribution in [2.45, 2.75) is 25.8 Å². The minimum atomic E-state index is 0.762. The molecule has 5 heteroatoms. The molecule has 4 rings (SSSR count). The molecule has 0 spiro atoms. The number of ether oxygens (including phenoxy) is 3. The number of fused-ring (bicyclic) bond motifs is 2. The fraction of sp³-hybridized carbons (Fsp3) is 0.400. The van der Waals surface area contributed by atoms with Crippen LogP contribution in [0.25, 0.3) is 0 Å². The molecule has 0 saturated carbocycles. The van der Waals surface area contributed by atoms with Crippen LogP contribution in [0.1, 0.15) is 22.3 Å². The average molecular weight is 404 g/mol. The average Bonchev–Trinajstić information content (AvgIpc) is 3.31. The summed E-state index contributed by atoms with van der Waals surface area (Å²) in [6, 6.07) is 8.13. The number of methoxy groups -OCH3 is 1. The van der Waals surface area contributed by atoms with Crippen molar-refractivity contribution in [2.24, 2.45) is 0 Å². The summed E-state index contributed by atoms with van der Waals surface area (Å²) >= 11 is 3.71. The van der Waals surface area contributed by atoms with Gasteiger partial charge in [-0.05, 0) is 35.0 Å². The quantitative estimate of drug-likeness (QED) is 0.747. The summed E-state index contributed by atoms with van der Waals surface area (Å²) in [4.78, 5) is 0. The van der Waals surface area contributed by atoms with Gasteiger partial charge in [-0.25, -0.2) is 0 Å². The molecule has 0 aromatic heterocycles. The van der Waals surface area contributed by atoms with Crippen LogP contribution in [0, 0.1) is 0 Å². The third kappa shape index (κ3) is 3.11. The van der Waals surface area contributed by atoms with Gasteiger partial charge in [-0.2, -0.15) is 0 Å². The van der Waals surface area contributed by atoms with Gasteiger partial charge < -0.3 is 19.5 Å². The molecule has 0 unspecified atom stereocenters. The predicted octanol–water partition coefficient (Wildman–Crippen LogP) is 3.66. The Balaban J connectivity index is 1.47. The van der Waals surface area contributed by atoms with Crippen molar-refractivity contribution in [1.82, 2.24) is 5.32 Å². The van der Waals surface area contributed by atoms with E-state index in [1.165, 1.54) is 22.3 Å². The number of hydrogen-bond acceptors (Lipinski definition) is 4. The van der Waals surface area contributed by atoms with Crippen LogP contribution in [0.15, 0.2) is 28.7 Å². The first-order valence-corrected chi connectivity index (χ1v) is 9.53. The van der Waals surface area contributed by atoms with E-state index in [9.17, 15) is 0 Å². The van der Waals surface area contributed by atoms with Crippen molar-refractivity contribution in [3.05, 3.63) is 51.0 Å². The molecule has 0 radical (unpaired) electrons. The second-order valence-electron chi connectivity index (χ2n) is 6.34. The van der Waals surface area contributed by atoms with E-state index in [-0.39, 0.29) is 0 Å². The molecule has 2 aromatic carbocycles. The minimum absolute atomic E-state index is 0.762. The van der Waals surface area contributed by atoms with Gasteiger partial charge in [0.25, 0.3) is 0 Å². The molecule has 0 aliphatic carbocycles. The molecule has 0 bridgehead atoms. The molecule has 0 amide bonds. The summed E-state index contributed by atoms with van der Waals surface area (Å²) in [5.74, 6) is 3.04. The highest BCUT2D eigenvalue weighted by Gasteiger charge is 2.29. The molecule has 2 aromatic rings. The van der Waals surface area contributed by atoms with E-state index in [0.717, 1.165) is 67.3 Å². The van der Waals surface area contributed by atoms with Crippen LogP contribution < -0.4 is 19.5 Å². The molecule has 132 valence electrons. The largest absolute Gasteiger partial charge is 0.496 e. The molecule has 4 nitrogen and oxygen atoms in total. The van der Waals surface area contributed by atoms with Crippen LogP contribution >= 0.6 is 15.9 Å². The van der Waals surface area contributed by atoms with E-state index in [1.54, 1.807) is 7.11 Å². The first-order chi connectivity index (χ1) is 12.3. The summed E-state index contributed by atoms with van der Waals surface area (Å²) < 4.78 is 18.3. The molecular formula is C20H22BrNO3. The molecule has 2 aliphatic heterocycles. The Labute approximate surface area is 156 Å². The van der Waals surface area contributed by atoms with E-state index in [0.29, 0.717) is 0 Å². The van der Waals surface area contributed by atoms with Crippen LogP contribution in [-0.2, 0) is 25.8 Å². The minimum Gasteiger partial charge on any atom is -0.496 e. The van der Waals surface area contributed by atoms with Crippen LogP contribution in [-0.4, -0.2) is 26.9 Å². The SMILES string of the molecule is COc1ccccc1CNCCc1c2c(c(Br)c3c1OCC3)OCC2. The van der Waals surface area contributed by atoms with Gasteiger partial charge in [0.05, 0.1) is 24.8 Å². The maximum Gasteiger partial charge on any atom is 0.137 e. The highest BCUT2D eigenvalue weighted by atomic mass is 79.9. The Morgan fingerprint density at radius 2 is 1.84 bits per heavy atom. The lowest BCUT2D eigenvalue weighted by atomic mass is 9.97. The Morgan fingerprint density at radius 1 is 1.08 bits per heavy atom. The Bertz CT molecular complexity index is 756. The number of hydrogen-bond donors (Lipinski definition) is 1. The first kappa shape index (κ1) is 16.7. The Kier molecular flexibility index (Phi) is 4.86. The first-order valence-electron chi connectivity index (χ1n) is 8.74. The van der Waals surface area contributed by atoms with Gasteiger partial charge in [0.2, 0.25) is 0 Å². The third-order valence-electron chi connectivity index (χ3n) is 4.91. The highest BCUT2D eigenvalue weighted by Crippen LogP contribution is 2.47. The van der Waals surface area contributed by atoms with Crippen LogP contribution in [0.4, 0.5) is 0 Å². The van der Waals surface area contributed by atoms with Gasteiger partial charge in [-0.3, -0.25) is 0 Å². The van der Waals surface area contributed by atoms with Gasteiger partial charge >= 0.3 is 0 Å². The molecule has 2 heterocycles. The van der Waals surface area contributed by atoms with Crippen LogP contribution in [0.2, 0.25) is 0 Å². The van der Waals surface area contributed by atoms with Crippen LogP contribution in [0.3, 0.4) is 0 Å². The monoisotopic (exact) mass is 403 g/mol. The van der Waals surface area contributed by atoms with Gasteiger partial charge in [0.15, 0.2) is 0 Å². The van der Waals surface area contributed by atoms with Crippen molar-refractivity contribution in [3.8, 4) is 17.2 Å². The summed E-state index contributed by atoms with van der Waals surface area (Å²) in [7, 11) is 1.71. The van der Waals surface area contributed by atoms with Crippen LogP contribution in [0.5, 0.6) is 17.2 Å². The van der Waals surface area contributed by atoms with Crippen molar-refractivity contribution >= 4 is 15.9 Å². The zero-order valence-corrected chi connectivity index (χ0v) is 15.9. The number of nitrogens with one attached hydrogen (secondary N) is 1. The maximum atomic E-state index is 5.95. The summed E-state index contributed by atoms with van der Waals surface area (Å²) in [6.45, 7) is 3.21. The molecular weight excluding hydrogens is 382 g/mol. The topological polar surface area (TPSA) is 39.7 Å². The van der Waals surface area contributed by atoms with Gasteiger partial charge in [-0.1, -0.05) is 18.2 Å². The normalized spacial score (nSPS) is 14.6. The zero-order valence-electron chi connectivity index (χ0n) is 14.4. The van der Waals surface area contributed by atoms with E-state index in [2.05, 4.69) is 27.3 Å². The molecule has 0 saturated heterocycles. The fourth-order valence-electron chi connectivity index (χ4n) is 3.70. The van der Waals surface area contributed by atoms with E-state index in [1.807, 2.05) is 18.2 Å². The highest BCUT2D eigenvalue weighted by molar-refractivity contribution is 9.10. The molecule has 1 N–H and O–H groups in total. The van der Waals surface area contributed by atoms with Crippen molar-refractivity contribution in [1.29, 1.82) is 0 Å². The second-order valence-corrected chi connectivity index (χ2v) is 7.14. The molecule has 0 atom stereocenters. The number of rotatable bonds is 6. The molecule has 2 aliphatic rings. The van der Waals surface area contributed by atoms with Gasteiger partial charge in [0, 0.05) is 41.6 Å². The maximum absolute atomic E-state index is 5.95. The fourth-order valence-corrected chi connectivity index (χ4v) is 4.43. The number of para-hydroxylation sites is 1. The lowest BCUT2D eigenvalue weighted by Gasteiger charge is -2.15. The van der Waals surface area contributed by atoms with E-state index < -0.39 is 0 Å². The second kappa shape index (κ2) is 7.26. The Hall–Kier alpha value is -1.72. The number of halogens is 1. The summed E-state index contributed by atoms with van der Waals surface area (Å²) in [6.07, 6.45) is 2.86. The Morgan fingerprint density at radius 3 is 2.68 bits per heavy atom. The predicted molar refractivity (Wildman–Crippen MR) is 101 cm³/mol. The van der Waals surface area contributed by atoms with Crippen molar-refractivity contribution < 1.29 is 14.2 Å². The number of benzene rings is 2. The van der Waals surface area contributed by atoms with Crippen molar-refractivity contribution in [2.75, 3.05) is 26.9 Å². The summed E-state index contributed by atoms with van der Waals surface area (Å²) in [5, 5.41) is 3.53. The van der Waals surface area contributed by atoms with Crippen molar-refractivity contribution in [3.63, 3.8) is 0 Å². The lowest BCUT2D eigenvalue weighted by molar-refractivity contribution is 0.352. The van der Waals surface area contributed by atoms with E-state index >= 15 is 0 Å². The zero-order chi connectivity index (χ0) is 17.2. The van der Waals surface area contributed by atoms with Gasteiger partial charge in [-0.15, -0.1) is 0 Å². The summed E-state index contributed by atoms with van der Waals surface area (Å²) in [5.41, 5.74) is 5.07. The third-order valence-corrected chi connectivity index (χ3v) is 5.75. The molecule has 25 heavy (non-hydrogen) atoms. The standard InChI is InChI=1S/C20H22BrNO3/c1-23-17-5-3-2-4-13(17)12-22-9-6-14-15-7-10-25-20(15)18(21)16-8-11-24-19(14)16/h2-5,22H,6-12H2,1H3. The molecule has 0 fully saturated rings. The lowest BCUT2D eigenvalue weighted by Crippen LogP contribution is -2.18. The van der Waals surface area contributed by atoms with Gasteiger partial charge in [0.1, 0.15) is 17.2 Å². The smallest absolute Gasteiger partial charge is 0.137 e.